The van der Waals surface area contributed by atoms with E-state index in [2.05, 4.69) is 20.2 Å². The summed E-state index contributed by atoms with van der Waals surface area (Å²) in [5.74, 6) is 0.815. The minimum Gasteiger partial charge on any atom is -0.350 e. The van der Waals surface area contributed by atoms with Gasteiger partial charge in [0, 0.05) is 57.1 Å². The average Bonchev–Trinajstić information content (AvgIpc) is 2.59. The van der Waals surface area contributed by atoms with Crippen molar-refractivity contribution >= 4 is 17.8 Å². The summed E-state index contributed by atoms with van der Waals surface area (Å²) < 4.78 is 0. The van der Waals surface area contributed by atoms with Gasteiger partial charge in [-0.2, -0.15) is 0 Å². The van der Waals surface area contributed by atoms with Gasteiger partial charge in [0.15, 0.2) is 0 Å². The van der Waals surface area contributed by atoms with Crippen molar-refractivity contribution in [2.75, 3.05) is 51.2 Å². The third-order valence-corrected chi connectivity index (χ3v) is 4.10. The first-order valence-corrected chi connectivity index (χ1v) is 9.04. The molecule has 2 heterocycles. The summed E-state index contributed by atoms with van der Waals surface area (Å²) in [7, 11) is 1.86. The van der Waals surface area contributed by atoms with E-state index in [0.29, 0.717) is 38.5 Å². The van der Waals surface area contributed by atoms with Crippen molar-refractivity contribution in [1.82, 2.24) is 25.1 Å². The summed E-state index contributed by atoms with van der Waals surface area (Å²) >= 11 is 0. The smallest absolute Gasteiger partial charge is 0.234 e. The standard InChI is InChI=1S/C18H30N6O2/c1-18(2,3)21-15(25)14-22(4)9-6-16(26)23-10-12-24(13-11-23)17-19-7-5-8-20-17/h5,7-8H,6,9-14H2,1-4H3,(H,21,25). The Hall–Kier alpha value is -2.22. The molecular formula is C18H30N6O2. The van der Waals surface area contributed by atoms with E-state index < -0.39 is 0 Å². The lowest BCUT2D eigenvalue weighted by Gasteiger charge is -2.35. The molecule has 26 heavy (non-hydrogen) atoms. The number of carbonyl (C=O) groups is 2. The summed E-state index contributed by atoms with van der Waals surface area (Å²) in [6, 6.07) is 1.79. The molecular weight excluding hydrogens is 332 g/mol. The largest absolute Gasteiger partial charge is 0.350 e. The predicted molar refractivity (Wildman–Crippen MR) is 101 cm³/mol. The zero-order chi connectivity index (χ0) is 19.2. The van der Waals surface area contributed by atoms with Crippen LogP contribution in [0.25, 0.3) is 0 Å². The molecule has 0 saturated carbocycles. The molecule has 0 aromatic carbocycles. The van der Waals surface area contributed by atoms with Crippen LogP contribution in [0, 0.1) is 0 Å². The van der Waals surface area contributed by atoms with Gasteiger partial charge in [0.2, 0.25) is 17.8 Å². The van der Waals surface area contributed by atoms with E-state index in [1.54, 1.807) is 18.5 Å². The van der Waals surface area contributed by atoms with E-state index >= 15 is 0 Å². The molecule has 8 nitrogen and oxygen atoms in total. The number of aromatic nitrogens is 2. The van der Waals surface area contributed by atoms with E-state index in [-0.39, 0.29) is 17.4 Å². The first kappa shape index (κ1) is 20.1. The fourth-order valence-electron chi connectivity index (χ4n) is 2.84. The van der Waals surface area contributed by atoms with Gasteiger partial charge in [-0.15, -0.1) is 0 Å². The third kappa shape index (κ3) is 6.59. The average molecular weight is 362 g/mol. The molecule has 144 valence electrons. The number of nitrogens with one attached hydrogen (secondary N) is 1. The van der Waals surface area contributed by atoms with Crippen molar-refractivity contribution in [3.8, 4) is 0 Å². The maximum atomic E-state index is 12.4. The summed E-state index contributed by atoms with van der Waals surface area (Å²) in [4.78, 5) is 38.7. The molecule has 1 N–H and O–H groups in total. The van der Waals surface area contributed by atoms with E-state index in [1.165, 1.54) is 0 Å². The summed E-state index contributed by atoms with van der Waals surface area (Å²) in [6.45, 7) is 9.54. The zero-order valence-electron chi connectivity index (χ0n) is 16.2. The Morgan fingerprint density at radius 3 is 2.35 bits per heavy atom. The Kier molecular flexibility index (Phi) is 6.90. The van der Waals surface area contributed by atoms with Crippen LogP contribution >= 0.6 is 0 Å². The number of hydrogen-bond acceptors (Lipinski definition) is 6. The van der Waals surface area contributed by atoms with Crippen LogP contribution in [0.2, 0.25) is 0 Å². The Balaban J connectivity index is 1.69. The maximum absolute atomic E-state index is 12.4. The van der Waals surface area contributed by atoms with Gasteiger partial charge in [0.1, 0.15) is 0 Å². The van der Waals surface area contributed by atoms with Crippen LogP contribution in [0.4, 0.5) is 5.95 Å². The summed E-state index contributed by atoms with van der Waals surface area (Å²) in [5.41, 5.74) is -0.240. The van der Waals surface area contributed by atoms with Crippen LogP contribution < -0.4 is 10.2 Å². The molecule has 1 aromatic heterocycles. The molecule has 1 aromatic rings. The second kappa shape index (κ2) is 8.93. The van der Waals surface area contributed by atoms with Gasteiger partial charge in [-0.25, -0.2) is 9.97 Å². The number of anilines is 1. The molecule has 0 bridgehead atoms. The van der Waals surface area contributed by atoms with Gasteiger partial charge >= 0.3 is 0 Å². The summed E-state index contributed by atoms with van der Waals surface area (Å²) in [5, 5.41) is 2.93. The number of carbonyl (C=O) groups excluding carboxylic acids is 2. The van der Waals surface area contributed by atoms with Gasteiger partial charge in [-0.3, -0.25) is 14.5 Å². The SMILES string of the molecule is CN(CCC(=O)N1CCN(c2ncccn2)CC1)CC(=O)NC(C)(C)C. The van der Waals surface area contributed by atoms with Crippen molar-refractivity contribution in [3.05, 3.63) is 18.5 Å². The highest BCUT2D eigenvalue weighted by Crippen LogP contribution is 2.10. The minimum absolute atomic E-state index is 0.0241. The molecule has 2 amide bonds. The van der Waals surface area contributed by atoms with Crippen molar-refractivity contribution < 1.29 is 9.59 Å². The highest BCUT2D eigenvalue weighted by molar-refractivity contribution is 5.79. The van der Waals surface area contributed by atoms with Crippen LogP contribution in [0.1, 0.15) is 27.2 Å². The van der Waals surface area contributed by atoms with Crippen molar-refractivity contribution in [3.63, 3.8) is 0 Å². The van der Waals surface area contributed by atoms with Crippen molar-refractivity contribution in [2.45, 2.75) is 32.7 Å². The first-order chi connectivity index (χ1) is 12.2. The highest BCUT2D eigenvalue weighted by Gasteiger charge is 2.22. The number of piperazine rings is 1. The Bertz CT molecular complexity index is 593. The van der Waals surface area contributed by atoms with E-state index in [9.17, 15) is 9.59 Å². The van der Waals surface area contributed by atoms with Crippen LogP contribution in [-0.2, 0) is 9.59 Å². The summed E-state index contributed by atoms with van der Waals surface area (Å²) in [6.07, 6.45) is 3.87. The topological polar surface area (TPSA) is 81.7 Å². The molecule has 1 fully saturated rings. The van der Waals surface area contributed by atoms with Crippen LogP contribution in [0.3, 0.4) is 0 Å². The lowest BCUT2D eigenvalue weighted by atomic mass is 10.1. The van der Waals surface area contributed by atoms with Crippen LogP contribution in [0.5, 0.6) is 0 Å². The Morgan fingerprint density at radius 1 is 1.15 bits per heavy atom. The van der Waals surface area contributed by atoms with Crippen LogP contribution in [-0.4, -0.2) is 83.4 Å². The van der Waals surface area contributed by atoms with E-state index in [4.69, 9.17) is 0 Å². The number of rotatable bonds is 6. The van der Waals surface area contributed by atoms with Crippen molar-refractivity contribution in [1.29, 1.82) is 0 Å². The lowest BCUT2D eigenvalue weighted by molar-refractivity contribution is -0.132. The second-order valence-corrected chi connectivity index (χ2v) is 7.70. The molecule has 1 saturated heterocycles. The number of nitrogens with zero attached hydrogens (tertiary/aromatic N) is 5. The molecule has 0 unspecified atom stereocenters. The Morgan fingerprint density at radius 2 is 1.77 bits per heavy atom. The maximum Gasteiger partial charge on any atom is 0.234 e. The van der Waals surface area contributed by atoms with Gasteiger partial charge in [-0.05, 0) is 33.9 Å². The minimum atomic E-state index is -0.240. The fraction of sp³-hybridized carbons (Fsp3) is 0.667. The van der Waals surface area contributed by atoms with Crippen LogP contribution in [0.15, 0.2) is 18.5 Å². The predicted octanol–water partition coefficient (Wildman–Crippen LogP) is 0.362. The molecule has 0 aliphatic carbocycles. The molecule has 0 radical (unpaired) electrons. The van der Waals surface area contributed by atoms with Gasteiger partial charge in [0.25, 0.3) is 0 Å². The van der Waals surface area contributed by atoms with Gasteiger partial charge in [0.05, 0.1) is 6.54 Å². The lowest BCUT2D eigenvalue weighted by Crippen LogP contribution is -2.50. The first-order valence-electron chi connectivity index (χ1n) is 9.04. The monoisotopic (exact) mass is 362 g/mol. The fourth-order valence-corrected chi connectivity index (χ4v) is 2.84. The van der Waals surface area contributed by atoms with Crippen molar-refractivity contribution in [2.24, 2.45) is 0 Å². The zero-order valence-corrected chi connectivity index (χ0v) is 16.2. The number of amides is 2. The Labute approximate surface area is 155 Å². The second-order valence-electron chi connectivity index (χ2n) is 7.70. The molecule has 1 aliphatic rings. The quantitative estimate of drug-likeness (QED) is 0.787. The molecule has 8 heteroatoms. The van der Waals surface area contributed by atoms with Gasteiger partial charge < -0.3 is 15.1 Å². The third-order valence-electron chi connectivity index (χ3n) is 4.10. The number of likely N-dealkylation sites (N-methyl/N-ethyl adjacent to an activating group) is 1. The molecule has 0 atom stereocenters. The normalized spacial score (nSPS) is 15.3. The highest BCUT2D eigenvalue weighted by atomic mass is 16.2. The number of hydrogen-bond donors (Lipinski definition) is 1. The van der Waals surface area contributed by atoms with E-state index in [0.717, 1.165) is 13.1 Å². The molecule has 0 spiro atoms. The molecule has 2 rings (SSSR count). The van der Waals surface area contributed by atoms with E-state index in [1.807, 2.05) is 37.6 Å². The van der Waals surface area contributed by atoms with Gasteiger partial charge in [-0.1, -0.05) is 0 Å². The molecule has 1 aliphatic heterocycles.